The summed E-state index contributed by atoms with van der Waals surface area (Å²) < 4.78 is 18.9. The van der Waals surface area contributed by atoms with Crippen molar-refractivity contribution in [2.75, 3.05) is 30.8 Å². The van der Waals surface area contributed by atoms with Crippen molar-refractivity contribution in [2.24, 2.45) is 0 Å². The van der Waals surface area contributed by atoms with Gasteiger partial charge in [-0.15, -0.1) is 0 Å². The van der Waals surface area contributed by atoms with Crippen LogP contribution in [0.1, 0.15) is 27.2 Å². The van der Waals surface area contributed by atoms with Crippen molar-refractivity contribution in [3.63, 3.8) is 0 Å². The summed E-state index contributed by atoms with van der Waals surface area (Å²) in [6, 6.07) is 4.85. The van der Waals surface area contributed by atoms with Crippen LogP contribution < -0.4 is 10.6 Å². The molecule has 1 fully saturated rings. The fourth-order valence-electron chi connectivity index (χ4n) is 2.49. The molecule has 5 nitrogen and oxygen atoms in total. The number of halogens is 1. The molecule has 1 heterocycles. The maximum atomic E-state index is 13.6. The zero-order valence-corrected chi connectivity index (χ0v) is 13.6. The lowest BCUT2D eigenvalue weighted by atomic mass is 10.2. The Kier molecular flexibility index (Phi) is 4.49. The molecule has 0 radical (unpaired) electrons. The van der Waals surface area contributed by atoms with Gasteiger partial charge in [-0.25, -0.2) is 9.18 Å². The van der Waals surface area contributed by atoms with Gasteiger partial charge in [0.05, 0.1) is 11.7 Å². The molecule has 0 unspecified atom stereocenters. The van der Waals surface area contributed by atoms with E-state index in [0.717, 1.165) is 18.7 Å². The van der Waals surface area contributed by atoms with E-state index in [0.29, 0.717) is 6.54 Å². The highest BCUT2D eigenvalue weighted by Crippen LogP contribution is 2.26. The van der Waals surface area contributed by atoms with Gasteiger partial charge in [0.2, 0.25) is 0 Å². The summed E-state index contributed by atoms with van der Waals surface area (Å²) in [5, 5.41) is 0. The molecule has 1 atom stereocenters. The smallest absolute Gasteiger partial charge is 0.410 e. The van der Waals surface area contributed by atoms with Crippen LogP contribution in [0.3, 0.4) is 0 Å². The quantitative estimate of drug-likeness (QED) is 0.854. The van der Waals surface area contributed by atoms with Crippen molar-refractivity contribution in [2.45, 2.75) is 38.8 Å². The summed E-state index contributed by atoms with van der Waals surface area (Å²) in [5.41, 5.74) is 5.92. The molecule has 0 spiro atoms. The second-order valence-corrected chi connectivity index (χ2v) is 6.69. The molecule has 22 heavy (non-hydrogen) atoms. The van der Waals surface area contributed by atoms with E-state index in [1.54, 1.807) is 24.1 Å². The largest absolute Gasteiger partial charge is 0.444 e. The van der Waals surface area contributed by atoms with E-state index in [1.807, 2.05) is 25.7 Å². The van der Waals surface area contributed by atoms with Gasteiger partial charge in [-0.05, 0) is 45.4 Å². The summed E-state index contributed by atoms with van der Waals surface area (Å²) in [5.74, 6) is -0.415. The van der Waals surface area contributed by atoms with E-state index in [1.165, 1.54) is 6.07 Å². The van der Waals surface area contributed by atoms with Crippen molar-refractivity contribution in [3.8, 4) is 0 Å². The number of nitrogens with two attached hydrogens (primary N) is 1. The Morgan fingerprint density at radius 3 is 2.73 bits per heavy atom. The first kappa shape index (κ1) is 16.4. The minimum atomic E-state index is -0.510. The minimum Gasteiger partial charge on any atom is -0.444 e. The van der Waals surface area contributed by atoms with E-state index in [2.05, 4.69) is 0 Å². The van der Waals surface area contributed by atoms with Crippen LogP contribution in [0.25, 0.3) is 0 Å². The van der Waals surface area contributed by atoms with Crippen LogP contribution in [-0.2, 0) is 4.74 Å². The van der Waals surface area contributed by atoms with Crippen molar-refractivity contribution < 1.29 is 13.9 Å². The molecular formula is C16H24FN3O2. The van der Waals surface area contributed by atoms with Gasteiger partial charge >= 0.3 is 6.09 Å². The Labute approximate surface area is 130 Å². The number of carbonyl (C=O) groups excluding carboxylic acids is 1. The Hall–Kier alpha value is -1.98. The molecule has 1 aromatic rings. The molecule has 2 rings (SSSR count). The molecule has 122 valence electrons. The first-order chi connectivity index (χ1) is 10.2. The standard InChI is InChI=1S/C16H24FN3O2/c1-16(2,3)22-15(21)19(4)12-7-8-20(10-12)11-5-6-14(18)13(17)9-11/h5-6,9,12H,7-8,10,18H2,1-4H3/t12-/m1/s1. The number of hydrogen-bond acceptors (Lipinski definition) is 4. The highest BCUT2D eigenvalue weighted by Gasteiger charge is 2.31. The summed E-state index contributed by atoms with van der Waals surface area (Å²) in [6.07, 6.45) is 0.490. The topological polar surface area (TPSA) is 58.8 Å². The normalized spacial score (nSPS) is 18.4. The molecule has 1 saturated heterocycles. The Bertz CT molecular complexity index is 557. The van der Waals surface area contributed by atoms with Crippen LogP contribution >= 0.6 is 0 Å². The van der Waals surface area contributed by atoms with Gasteiger partial charge in [0.25, 0.3) is 0 Å². The average Bonchev–Trinajstić information content (AvgIpc) is 2.88. The number of rotatable bonds is 2. The molecule has 0 bridgehead atoms. The molecule has 0 saturated carbocycles. The third-order valence-electron chi connectivity index (χ3n) is 3.74. The maximum Gasteiger partial charge on any atom is 0.410 e. The predicted octanol–water partition coefficient (Wildman–Crippen LogP) is 2.85. The zero-order valence-electron chi connectivity index (χ0n) is 13.6. The number of hydrogen-bond donors (Lipinski definition) is 1. The van der Waals surface area contributed by atoms with Crippen LogP contribution in [0.2, 0.25) is 0 Å². The molecule has 1 aliphatic heterocycles. The summed E-state index contributed by atoms with van der Waals surface area (Å²) >= 11 is 0. The van der Waals surface area contributed by atoms with Gasteiger partial charge in [-0.1, -0.05) is 0 Å². The van der Waals surface area contributed by atoms with Crippen LogP contribution in [0.15, 0.2) is 18.2 Å². The van der Waals surface area contributed by atoms with Crippen LogP contribution in [0.5, 0.6) is 0 Å². The molecule has 1 aromatic carbocycles. The number of nitrogen functional groups attached to an aromatic ring is 1. The monoisotopic (exact) mass is 309 g/mol. The first-order valence-electron chi connectivity index (χ1n) is 7.43. The van der Waals surface area contributed by atoms with Crippen LogP contribution in [0.4, 0.5) is 20.6 Å². The molecule has 0 aromatic heterocycles. The lowest BCUT2D eigenvalue weighted by molar-refractivity contribution is 0.0238. The summed E-state index contributed by atoms with van der Waals surface area (Å²) in [7, 11) is 1.74. The lowest BCUT2D eigenvalue weighted by Crippen LogP contribution is -2.42. The van der Waals surface area contributed by atoms with E-state index >= 15 is 0 Å². The van der Waals surface area contributed by atoms with Gasteiger partial charge in [0.1, 0.15) is 11.4 Å². The third-order valence-corrected chi connectivity index (χ3v) is 3.74. The number of anilines is 2. The first-order valence-corrected chi connectivity index (χ1v) is 7.43. The molecule has 2 N–H and O–H groups in total. The van der Waals surface area contributed by atoms with E-state index in [-0.39, 0.29) is 17.8 Å². The Morgan fingerprint density at radius 2 is 2.14 bits per heavy atom. The number of carbonyl (C=O) groups is 1. The Morgan fingerprint density at radius 1 is 1.45 bits per heavy atom. The maximum absolute atomic E-state index is 13.6. The van der Waals surface area contributed by atoms with Crippen LogP contribution in [0, 0.1) is 5.82 Å². The molecule has 6 heteroatoms. The fourth-order valence-corrected chi connectivity index (χ4v) is 2.49. The second kappa shape index (κ2) is 6.02. The summed E-state index contributed by atoms with van der Waals surface area (Å²) in [6.45, 7) is 6.95. The number of amides is 1. The van der Waals surface area contributed by atoms with Crippen molar-refractivity contribution in [1.82, 2.24) is 4.90 Å². The third kappa shape index (κ3) is 3.81. The molecule has 1 amide bonds. The summed E-state index contributed by atoms with van der Waals surface area (Å²) in [4.78, 5) is 15.8. The number of nitrogens with zero attached hydrogens (tertiary/aromatic N) is 2. The van der Waals surface area contributed by atoms with Crippen molar-refractivity contribution in [3.05, 3.63) is 24.0 Å². The lowest BCUT2D eigenvalue weighted by Gasteiger charge is -2.28. The Balaban J connectivity index is 2.00. The SMILES string of the molecule is CN(C(=O)OC(C)(C)C)[C@@H]1CCN(c2ccc(N)c(F)c2)C1. The second-order valence-electron chi connectivity index (χ2n) is 6.69. The van der Waals surface area contributed by atoms with Crippen molar-refractivity contribution >= 4 is 17.5 Å². The van der Waals surface area contributed by atoms with Crippen molar-refractivity contribution in [1.29, 1.82) is 0 Å². The van der Waals surface area contributed by atoms with Gasteiger partial charge in [-0.2, -0.15) is 0 Å². The van der Waals surface area contributed by atoms with E-state index in [4.69, 9.17) is 10.5 Å². The predicted molar refractivity (Wildman–Crippen MR) is 85.4 cm³/mol. The van der Waals surface area contributed by atoms with Gasteiger partial charge in [-0.3, -0.25) is 0 Å². The highest BCUT2D eigenvalue weighted by molar-refractivity contribution is 5.68. The number of benzene rings is 1. The minimum absolute atomic E-state index is 0.0514. The van der Waals surface area contributed by atoms with Gasteiger partial charge in [0.15, 0.2) is 0 Å². The number of ether oxygens (including phenoxy) is 1. The van der Waals surface area contributed by atoms with Gasteiger partial charge < -0.3 is 20.3 Å². The van der Waals surface area contributed by atoms with Gasteiger partial charge in [0, 0.05) is 25.8 Å². The van der Waals surface area contributed by atoms with E-state index < -0.39 is 11.4 Å². The van der Waals surface area contributed by atoms with E-state index in [9.17, 15) is 9.18 Å². The molecule has 1 aliphatic rings. The van der Waals surface area contributed by atoms with Crippen LogP contribution in [-0.4, -0.2) is 42.8 Å². The fraction of sp³-hybridized carbons (Fsp3) is 0.562. The number of likely N-dealkylation sites (N-methyl/N-ethyl adjacent to an activating group) is 1. The molecular weight excluding hydrogens is 285 g/mol. The molecule has 0 aliphatic carbocycles. The average molecular weight is 309 g/mol. The zero-order chi connectivity index (χ0) is 16.5. The highest BCUT2D eigenvalue weighted by atomic mass is 19.1.